The average Bonchev–Trinajstić information content (AvgIpc) is 3.17. The zero-order chi connectivity index (χ0) is 15.7. The van der Waals surface area contributed by atoms with E-state index in [9.17, 15) is 9.90 Å². The van der Waals surface area contributed by atoms with E-state index in [2.05, 4.69) is 5.10 Å². The van der Waals surface area contributed by atoms with Gasteiger partial charge in [-0.3, -0.25) is 4.79 Å². The number of amides is 1. The van der Waals surface area contributed by atoms with Crippen molar-refractivity contribution in [3.63, 3.8) is 0 Å². The summed E-state index contributed by atoms with van der Waals surface area (Å²) < 4.78 is 1.61. The van der Waals surface area contributed by atoms with Gasteiger partial charge < -0.3 is 10.0 Å². The van der Waals surface area contributed by atoms with Crippen LogP contribution in [0.25, 0.3) is 5.69 Å². The fourth-order valence-corrected chi connectivity index (χ4v) is 2.96. The molecule has 22 heavy (non-hydrogen) atoms. The summed E-state index contributed by atoms with van der Waals surface area (Å²) in [4.78, 5) is 14.2. The Kier molecular flexibility index (Phi) is 4.18. The molecule has 1 aliphatic rings. The van der Waals surface area contributed by atoms with Gasteiger partial charge in [-0.15, -0.1) is 0 Å². The minimum atomic E-state index is -0.390. The van der Waals surface area contributed by atoms with Crippen molar-refractivity contribution < 1.29 is 9.90 Å². The molecule has 2 atom stereocenters. The Labute approximate surface area is 134 Å². The van der Waals surface area contributed by atoms with Crippen molar-refractivity contribution in [1.82, 2.24) is 14.7 Å². The van der Waals surface area contributed by atoms with E-state index in [0.717, 1.165) is 12.1 Å². The van der Waals surface area contributed by atoms with Crippen molar-refractivity contribution in [2.24, 2.45) is 5.92 Å². The van der Waals surface area contributed by atoms with Crippen LogP contribution in [0.1, 0.15) is 23.8 Å². The lowest BCUT2D eigenvalue weighted by molar-refractivity contribution is 0.0756. The third kappa shape index (κ3) is 2.87. The van der Waals surface area contributed by atoms with Gasteiger partial charge in [0.1, 0.15) is 0 Å². The summed E-state index contributed by atoms with van der Waals surface area (Å²) in [6, 6.07) is 9.05. The summed E-state index contributed by atoms with van der Waals surface area (Å²) in [7, 11) is 0. The fourth-order valence-electron chi connectivity index (χ4n) is 2.74. The minimum Gasteiger partial charge on any atom is -0.393 e. The van der Waals surface area contributed by atoms with Crippen LogP contribution in [-0.2, 0) is 0 Å². The first-order chi connectivity index (χ1) is 10.6. The van der Waals surface area contributed by atoms with Crippen LogP contribution in [0.4, 0.5) is 0 Å². The quantitative estimate of drug-likeness (QED) is 0.945. The van der Waals surface area contributed by atoms with Gasteiger partial charge in [0, 0.05) is 25.2 Å². The molecule has 0 spiro atoms. The van der Waals surface area contributed by atoms with Crippen LogP contribution in [0.3, 0.4) is 0 Å². The third-order valence-electron chi connectivity index (χ3n) is 4.10. The molecule has 6 heteroatoms. The Morgan fingerprint density at radius 3 is 2.86 bits per heavy atom. The van der Waals surface area contributed by atoms with E-state index >= 15 is 0 Å². The minimum absolute atomic E-state index is 0.103. The van der Waals surface area contributed by atoms with Gasteiger partial charge in [0.25, 0.3) is 5.91 Å². The number of likely N-dealkylation sites (tertiary alicyclic amines) is 1. The lowest BCUT2D eigenvalue weighted by atomic mass is 10.0. The molecule has 1 amide bonds. The molecule has 2 aromatic rings. The highest BCUT2D eigenvalue weighted by atomic mass is 35.5. The normalized spacial score (nSPS) is 19.4. The topological polar surface area (TPSA) is 58.4 Å². The number of carbonyl (C=O) groups is 1. The maximum absolute atomic E-state index is 12.5. The van der Waals surface area contributed by atoms with Gasteiger partial charge in [-0.25, -0.2) is 4.68 Å². The molecule has 0 bridgehead atoms. The molecule has 1 saturated heterocycles. The van der Waals surface area contributed by atoms with E-state index in [0.29, 0.717) is 23.8 Å². The smallest absolute Gasteiger partial charge is 0.274 e. The molecule has 2 heterocycles. The van der Waals surface area contributed by atoms with E-state index in [1.807, 2.05) is 18.2 Å². The molecule has 3 rings (SSSR count). The molecule has 116 valence electrons. The Bertz CT molecular complexity index is 684. The average molecular weight is 320 g/mol. The van der Waals surface area contributed by atoms with Gasteiger partial charge in [0.15, 0.2) is 5.69 Å². The number of carbonyl (C=O) groups excluding carboxylic acids is 1. The van der Waals surface area contributed by atoms with Crippen molar-refractivity contribution in [3.05, 3.63) is 47.2 Å². The fraction of sp³-hybridized carbons (Fsp3) is 0.375. The first-order valence-electron chi connectivity index (χ1n) is 7.34. The van der Waals surface area contributed by atoms with Crippen LogP contribution in [0.5, 0.6) is 0 Å². The van der Waals surface area contributed by atoms with E-state index in [-0.39, 0.29) is 11.8 Å². The highest BCUT2D eigenvalue weighted by Gasteiger charge is 2.30. The van der Waals surface area contributed by atoms with Crippen molar-refractivity contribution in [3.8, 4) is 5.69 Å². The number of hydrogen-bond donors (Lipinski definition) is 1. The molecule has 5 nitrogen and oxygen atoms in total. The molecule has 0 aliphatic carbocycles. The zero-order valence-corrected chi connectivity index (χ0v) is 13.1. The van der Waals surface area contributed by atoms with E-state index in [1.165, 1.54) is 0 Å². The Hall–Kier alpha value is -1.85. The highest BCUT2D eigenvalue weighted by Crippen LogP contribution is 2.22. The maximum atomic E-state index is 12.5. The molecule has 1 aromatic heterocycles. The van der Waals surface area contributed by atoms with Crippen LogP contribution in [0.15, 0.2) is 36.5 Å². The lowest BCUT2D eigenvalue weighted by Gasteiger charge is -2.16. The summed E-state index contributed by atoms with van der Waals surface area (Å²) in [5.41, 5.74) is 1.14. The summed E-state index contributed by atoms with van der Waals surface area (Å²) in [5, 5.41) is 14.6. The number of rotatable bonds is 3. The van der Waals surface area contributed by atoms with Crippen LogP contribution in [-0.4, -0.2) is 44.9 Å². The summed E-state index contributed by atoms with van der Waals surface area (Å²) in [6.07, 6.45) is 2.17. The predicted octanol–water partition coefficient (Wildman–Crippen LogP) is 2.37. The number of halogens is 1. The second kappa shape index (κ2) is 6.10. The number of hydrogen-bond acceptors (Lipinski definition) is 3. The molecule has 1 fully saturated rings. The summed E-state index contributed by atoms with van der Waals surface area (Å²) >= 11 is 6.14. The number of aromatic nitrogens is 2. The molecule has 1 aromatic carbocycles. The number of aliphatic hydroxyl groups is 1. The molecule has 1 N–H and O–H groups in total. The van der Waals surface area contributed by atoms with Crippen LogP contribution >= 0.6 is 11.6 Å². The molecular formula is C16H18ClN3O2. The first kappa shape index (κ1) is 15.1. The SMILES string of the molecule is CC(O)C1CCN(C(=O)c2ccn(-c3ccccc3Cl)n2)C1. The maximum Gasteiger partial charge on any atom is 0.274 e. The van der Waals surface area contributed by atoms with Gasteiger partial charge in [0.2, 0.25) is 0 Å². The summed E-state index contributed by atoms with van der Waals surface area (Å²) in [5.74, 6) is 0.0450. The van der Waals surface area contributed by atoms with Gasteiger partial charge in [-0.05, 0) is 31.5 Å². The predicted molar refractivity (Wildman–Crippen MR) is 84.3 cm³/mol. The molecular weight excluding hydrogens is 302 g/mol. The largest absolute Gasteiger partial charge is 0.393 e. The Morgan fingerprint density at radius 1 is 1.41 bits per heavy atom. The van der Waals surface area contributed by atoms with Crippen molar-refractivity contribution in [2.75, 3.05) is 13.1 Å². The first-order valence-corrected chi connectivity index (χ1v) is 7.72. The molecule has 0 radical (unpaired) electrons. The highest BCUT2D eigenvalue weighted by molar-refractivity contribution is 6.32. The Morgan fingerprint density at radius 2 is 2.18 bits per heavy atom. The number of para-hydroxylation sites is 1. The summed E-state index contributed by atoms with van der Waals surface area (Å²) in [6.45, 7) is 3.01. The molecule has 0 saturated carbocycles. The number of benzene rings is 1. The van der Waals surface area contributed by atoms with Gasteiger partial charge >= 0.3 is 0 Å². The van der Waals surface area contributed by atoms with Gasteiger partial charge in [-0.1, -0.05) is 23.7 Å². The monoisotopic (exact) mass is 319 g/mol. The second-order valence-electron chi connectivity index (χ2n) is 5.64. The van der Waals surface area contributed by atoms with Crippen LogP contribution < -0.4 is 0 Å². The number of nitrogens with zero attached hydrogens (tertiary/aromatic N) is 3. The Balaban J connectivity index is 1.77. The van der Waals surface area contributed by atoms with Crippen molar-refractivity contribution in [1.29, 1.82) is 0 Å². The number of aliphatic hydroxyl groups excluding tert-OH is 1. The lowest BCUT2D eigenvalue weighted by Crippen LogP contribution is -2.30. The van der Waals surface area contributed by atoms with Gasteiger partial charge in [-0.2, -0.15) is 5.10 Å². The zero-order valence-electron chi connectivity index (χ0n) is 12.3. The molecule has 2 unspecified atom stereocenters. The van der Waals surface area contributed by atoms with E-state index in [1.54, 1.807) is 34.8 Å². The third-order valence-corrected chi connectivity index (χ3v) is 4.42. The van der Waals surface area contributed by atoms with Crippen molar-refractivity contribution in [2.45, 2.75) is 19.4 Å². The van der Waals surface area contributed by atoms with Crippen molar-refractivity contribution >= 4 is 17.5 Å². The van der Waals surface area contributed by atoms with E-state index < -0.39 is 6.10 Å². The standard InChI is InChI=1S/C16H18ClN3O2/c1-11(21)12-6-8-19(10-12)16(22)14-7-9-20(18-14)15-5-3-2-4-13(15)17/h2-5,7,9,11-12,21H,6,8,10H2,1H3. The second-order valence-corrected chi connectivity index (χ2v) is 6.04. The molecule has 1 aliphatic heterocycles. The van der Waals surface area contributed by atoms with Crippen LogP contribution in [0.2, 0.25) is 5.02 Å². The van der Waals surface area contributed by atoms with E-state index in [4.69, 9.17) is 11.6 Å². The van der Waals surface area contributed by atoms with Crippen LogP contribution in [0, 0.1) is 5.92 Å². The van der Waals surface area contributed by atoms with Gasteiger partial charge in [0.05, 0.1) is 16.8 Å².